The molecule has 1 aliphatic rings. The summed E-state index contributed by atoms with van der Waals surface area (Å²) < 4.78 is 27.8. The van der Waals surface area contributed by atoms with Gasteiger partial charge in [-0.1, -0.05) is 0 Å². The van der Waals surface area contributed by atoms with E-state index < -0.39 is 11.2 Å². The van der Waals surface area contributed by atoms with Crippen molar-refractivity contribution in [3.8, 4) is 11.5 Å². The molecule has 1 amide bonds. The second kappa shape index (κ2) is 7.77. The number of imidazole rings is 1. The highest BCUT2D eigenvalue weighted by Crippen LogP contribution is 2.27. The number of carbonyl (C=O) groups is 1. The maximum Gasteiger partial charge on any atom is 0.287 e. The molecule has 1 unspecified atom stereocenters. The first-order valence-corrected chi connectivity index (χ1v) is 9.35. The van der Waals surface area contributed by atoms with Crippen LogP contribution in [0.2, 0.25) is 0 Å². The molecule has 0 spiro atoms. The van der Waals surface area contributed by atoms with Crippen LogP contribution in [0.3, 0.4) is 0 Å². The van der Waals surface area contributed by atoms with E-state index in [-0.39, 0.29) is 5.91 Å². The molecule has 1 aromatic carbocycles. The standard InChI is InChI=1S/C17H22N4O4S/c1-19-12-18-16-15(19)17(22)21(26(23)20(16)2)10-4-5-11-25-14-8-6-13(24-3)7-9-14/h6-9,12H,4-5,10-11H2,1-3H3. The van der Waals surface area contributed by atoms with E-state index >= 15 is 0 Å². The first-order chi connectivity index (χ1) is 12.5. The zero-order chi connectivity index (χ0) is 18.7. The third-order valence-electron chi connectivity index (χ3n) is 4.15. The number of carbonyl (C=O) groups excluding carboxylic acids is 1. The molecule has 0 radical (unpaired) electrons. The quantitative estimate of drug-likeness (QED) is 0.686. The van der Waals surface area contributed by atoms with Gasteiger partial charge in [0, 0.05) is 20.6 Å². The highest BCUT2D eigenvalue weighted by molar-refractivity contribution is 7.84. The molecule has 0 saturated heterocycles. The van der Waals surface area contributed by atoms with Crippen LogP contribution >= 0.6 is 0 Å². The topological polar surface area (TPSA) is 76.9 Å². The minimum Gasteiger partial charge on any atom is -0.497 e. The van der Waals surface area contributed by atoms with Crippen molar-refractivity contribution < 1.29 is 18.5 Å². The molecule has 1 aromatic heterocycles. The molecule has 2 heterocycles. The van der Waals surface area contributed by atoms with Crippen LogP contribution in [0, 0.1) is 0 Å². The molecule has 1 atom stereocenters. The lowest BCUT2D eigenvalue weighted by Gasteiger charge is -2.31. The van der Waals surface area contributed by atoms with Crippen molar-refractivity contribution in [2.24, 2.45) is 7.05 Å². The Morgan fingerprint density at radius 2 is 1.81 bits per heavy atom. The molecule has 0 aliphatic carbocycles. The van der Waals surface area contributed by atoms with Gasteiger partial charge in [-0.3, -0.25) is 9.10 Å². The molecule has 0 N–H and O–H groups in total. The molecule has 0 saturated carbocycles. The van der Waals surface area contributed by atoms with Gasteiger partial charge in [-0.2, -0.15) is 0 Å². The molecule has 8 nitrogen and oxygen atoms in total. The Hall–Kier alpha value is -2.55. The number of hydrogen-bond acceptors (Lipinski definition) is 5. The molecule has 2 aromatic rings. The number of unbranched alkanes of at least 4 members (excludes halogenated alkanes) is 1. The normalized spacial score (nSPS) is 16.6. The first kappa shape index (κ1) is 18.2. The number of hydrogen-bond donors (Lipinski definition) is 0. The summed E-state index contributed by atoms with van der Waals surface area (Å²) >= 11 is -1.56. The number of fused-ring (bicyclic) bond motifs is 1. The number of amides is 1. The monoisotopic (exact) mass is 378 g/mol. The molecule has 26 heavy (non-hydrogen) atoms. The summed E-state index contributed by atoms with van der Waals surface area (Å²) in [6.45, 7) is 0.917. The Balaban J connectivity index is 1.51. The molecule has 9 heteroatoms. The van der Waals surface area contributed by atoms with E-state index in [0.29, 0.717) is 31.1 Å². The van der Waals surface area contributed by atoms with Crippen LogP contribution in [0.5, 0.6) is 11.5 Å². The largest absolute Gasteiger partial charge is 0.497 e. The Labute approximate surface area is 155 Å². The van der Waals surface area contributed by atoms with Crippen molar-refractivity contribution in [1.82, 2.24) is 13.9 Å². The number of benzene rings is 1. The first-order valence-electron chi connectivity index (χ1n) is 8.28. The molecule has 0 fully saturated rings. The van der Waals surface area contributed by atoms with Gasteiger partial charge in [0.05, 0.1) is 20.0 Å². The summed E-state index contributed by atoms with van der Waals surface area (Å²) in [7, 11) is 5.05. The predicted octanol–water partition coefficient (Wildman–Crippen LogP) is 1.76. The van der Waals surface area contributed by atoms with E-state index in [4.69, 9.17) is 9.47 Å². The van der Waals surface area contributed by atoms with E-state index in [2.05, 4.69) is 4.98 Å². The van der Waals surface area contributed by atoms with Gasteiger partial charge in [0.2, 0.25) is 11.2 Å². The summed E-state index contributed by atoms with van der Waals surface area (Å²) in [4.78, 5) is 16.8. The van der Waals surface area contributed by atoms with Gasteiger partial charge >= 0.3 is 0 Å². The van der Waals surface area contributed by atoms with Crippen LogP contribution in [0.15, 0.2) is 30.6 Å². The van der Waals surface area contributed by atoms with Crippen LogP contribution < -0.4 is 13.8 Å². The lowest BCUT2D eigenvalue weighted by atomic mass is 10.3. The number of rotatable bonds is 7. The lowest BCUT2D eigenvalue weighted by Crippen LogP contribution is -2.46. The van der Waals surface area contributed by atoms with Gasteiger partial charge in [-0.25, -0.2) is 13.5 Å². The highest BCUT2D eigenvalue weighted by atomic mass is 32.2. The van der Waals surface area contributed by atoms with Crippen molar-refractivity contribution in [3.63, 3.8) is 0 Å². The predicted molar refractivity (Wildman–Crippen MR) is 98.5 cm³/mol. The highest BCUT2D eigenvalue weighted by Gasteiger charge is 2.36. The maximum absolute atomic E-state index is 12.6. The molecule has 1 aliphatic heterocycles. The Bertz CT molecular complexity index is 806. The Morgan fingerprint density at radius 3 is 2.50 bits per heavy atom. The van der Waals surface area contributed by atoms with E-state index in [1.54, 1.807) is 32.1 Å². The number of ether oxygens (including phenoxy) is 2. The zero-order valence-corrected chi connectivity index (χ0v) is 15.9. The number of anilines is 1. The van der Waals surface area contributed by atoms with Crippen molar-refractivity contribution in [2.45, 2.75) is 12.8 Å². The number of aryl methyl sites for hydroxylation is 1. The van der Waals surface area contributed by atoms with Gasteiger partial charge in [-0.05, 0) is 37.1 Å². The van der Waals surface area contributed by atoms with Crippen LogP contribution in [0.1, 0.15) is 23.3 Å². The van der Waals surface area contributed by atoms with Gasteiger partial charge in [0.25, 0.3) is 5.91 Å². The van der Waals surface area contributed by atoms with Gasteiger partial charge in [-0.15, -0.1) is 0 Å². The third-order valence-corrected chi connectivity index (χ3v) is 5.52. The smallest absolute Gasteiger partial charge is 0.287 e. The summed E-state index contributed by atoms with van der Waals surface area (Å²) in [5.41, 5.74) is 0.460. The van der Waals surface area contributed by atoms with E-state index in [1.165, 1.54) is 8.61 Å². The lowest BCUT2D eigenvalue weighted by molar-refractivity contribution is 0.0852. The fourth-order valence-corrected chi connectivity index (χ4v) is 3.80. The molecular weight excluding hydrogens is 356 g/mol. The van der Waals surface area contributed by atoms with Gasteiger partial charge in [0.1, 0.15) is 11.5 Å². The number of methoxy groups -OCH3 is 1. The van der Waals surface area contributed by atoms with Crippen LogP contribution in [0.4, 0.5) is 5.82 Å². The number of nitrogens with zero attached hydrogens (tertiary/aromatic N) is 4. The SMILES string of the molecule is COc1ccc(OCCCCN2C(=O)c3c(ncn3C)N(C)S2=O)cc1. The van der Waals surface area contributed by atoms with Gasteiger partial charge in [0.15, 0.2) is 11.5 Å². The molecule has 0 bridgehead atoms. The van der Waals surface area contributed by atoms with Crippen molar-refractivity contribution in [1.29, 1.82) is 0 Å². The van der Waals surface area contributed by atoms with E-state index in [9.17, 15) is 9.00 Å². The third kappa shape index (κ3) is 3.52. The van der Waals surface area contributed by atoms with Crippen molar-refractivity contribution in [3.05, 3.63) is 36.3 Å². The average molecular weight is 378 g/mol. The Kier molecular flexibility index (Phi) is 5.46. The maximum atomic E-state index is 12.6. The van der Waals surface area contributed by atoms with E-state index in [1.807, 2.05) is 24.3 Å². The number of aromatic nitrogens is 2. The summed E-state index contributed by atoms with van der Waals surface area (Å²) in [5, 5.41) is 0. The van der Waals surface area contributed by atoms with Crippen LogP contribution in [0.25, 0.3) is 0 Å². The van der Waals surface area contributed by atoms with Crippen LogP contribution in [-0.2, 0) is 18.2 Å². The molecule has 140 valence electrons. The molecule has 3 rings (SSSR count). The summed E-state index contributed by atoms with van der Waals surface area (Å²) in [6, 6.07) is 7.38. The van der Waals surface area contributed by atoms with E-state index in [0.717, 1.165) is 17.9 Å². The van der Waals surface area contributed by atoms with Crippen LogP contribution in [-0.4, -0.2) is 51.3 Å². The Morgan fingerprint density at radius 1 is 1.12 bits per heavy atom. The van der Waals surface area contributed by atoms with Crippen molar-refractivity contribution in [2.75, 3.05) is 31.6 Å². The fourth-order valence-electron chi connectivity index (χ4n) is 2.70. The summed E-state index contributed by atoms with van der Waals surface area (Å²) in [6.07, 6.45) is 2.99. The fraction of sp³-hybridized carbons (Fsp3) is 0.412. The second-order valence-corrected chi connectivity index (χ2v) is 7.34. The average Bonchev–Trinajstić information content (AvgIpc) is 3.04. The zero-order valence-electron chi connectivity index (χ0n) is 15.0. The van der Waals surface area contributed by atoms with Gasteiger partial charge < -0.3 is 14.0 Å². The minimum absolute atomic E-state index is 0.257. The molecular formula is C17H22N4O4S. The second-order valence-electron chi connectivity index (χ2n) is 5.89. The van der Waals surface area contributed by atoms with Crippen molar-refractivity contribution >= 4 is 22.9 Å². The summed E-state index contributed by atoms with van der Waals surface area (Å²) in [5.74, 6) is 1.74. The minimum atomic E-state index is -1.56.